The number of nitrogens with zero attached hydrogens (tertiary/aromatic N) is 8. The number of piperidine rings is 1. The van der Waals surface area contributed by atoms with Crippen LogP contribution in [0.5, 0.6) is 0 Å². The number of hydrogen-bond acceptors (Lipinski definition) is 18. The smallest absolute Gasteiger partial charge is 0.291 e. The molecule has 5 heterocycles. The molecule has 2 aliphatic heterocycles. The highest BCUT2D eigenvalue weighted by Gasteiger charge is 2.47. The van der Waals surface area contributed by atoms with Crippen LogP contribution < -0.4 is 21.1 Å². The summed E-state index contributed by atoms with van der Waals surface area (Å²) in [6.07, 6.45) is 1.88. The van der Waals surface area contributed by atoms with Crippen LogP contribution in [0.15, 0.2) is 65.0 Å². The zero-order chi connectivity index (χ0) is 45.4. The van der Waals surface area contributed by atoms with Crippen molar-refractivity contribution in [3.05, 3.63) is 87.4 Å². The van der Waals surface area contributed by atoms with Gasteiger partial charge in [-0.15, -0.1) is 21.5 Å². The third-order valence-corrected chi connectivity index (χ3v) is 12.6. The fourth-order valence-electron chi connectivity index (χ4n) is 6.95. The zero-order valence-electron chi connectivity index (χ0n) is 34.9. The summed E-state index contributed by atoms with van der Waals surface area (Å²) in [6.45, 7) is 5.89. The van der Waals surface area contributed by atoms with Crippen LogP contribution in [-0.4, -0.2) is 136 Å². The molecule has 1 fully saturated rings. The number of imide groups is 2. The van der Waals surface area contributed by atoms with E-state index in [0.29, 0.717) is 54.9 Å². The van der Waals surface area contributed by atoms with Crippen molar-refractivity contribution in [3.8, 4) is 0 Å². The lowest BCUT2D eigenvalue weighted by Crippen LogP contribution is -2.55. The Morgan fingerprint density at radius 2 is 1.72 bits per heavy atom. The molecule has 7 rings (SSSR count). The largest absolute Gasteiger partial charge is 0.382 e. The first-order valence-corrected chi connectivity index (χ1v) is 22.6. The second-order valence-corrected chi connectivity index (χ2v) is 17.1. The van der Waals surface area contributed by atoms with Crippen LogP contribution in [0.2, 0.25) is 0 Å². The maximum atomic E-state index is 13.4. The average molecular weight is 919 g/mol. The van der Waals surface area contributed by atoms with E-state index in [2.05, 4.69) is 35.8 Å². The van der Waals surface area contributed by atoms with Gasteiger partial charge in [0.05, 0.1) is 73.3 Å². The van der Waals surface area contributed by atoms with Gasteiger partial charge in [-0.05, 0) is 73.7 Å². The summed E-state index contributed by atoms with van der Waals surface area (Å²) in [5.74, 6) is -2.39. The number of likely N-dealkylation sites (N-methyl/N-ethyl adjacent to an activating group) is 1. The molecule has 0 spiro atoms. The Hall–Kier alpha value is -6.44. The number of amides is 4. The van der Waals surface area contributed by atoms with Gasteiger partial charge in [-0.3, -0.25) is 33.8 Å². The van der Waals surface area contributed by atoms with Crippen LogP contribution in [0, 0.1) is 6.92 Å². The number of nitrogens with one attached hydrogen (secondary N) is 3. The normalized spacial score (nSPS) is 15.3. The van der Waals surface area contributed by atoms with Crippen molar-refractivity contribution in [1.82, 2.24) is 44.3 Å². The van der Waals surface area contributed by atoms with Gasteiger partial charge < -0.3 is 30.6 Å². The number of sulfonamides is 1. The fraction of sp³-hybridized carbons (Fsp3) is 0.375. The van der Waals surface area contributed by atoms with Crippen molar-refractivity contribution in [1.29, 1.82) is 0 Å². The van der Waals surface area contributed by atoms with Crippen LogP contribution in [0.4, 0.5) is 23.3 Å². The minimum atomic E-state index is -3.84. The van der Waals surface area contributed by atoms with Gasteiger partial charge in [0.15, 0.2) is 0 Å². The Labute approximate surface area is 371 Å². The van der Waals surface area contributed by atoms with Crippen LogP contribution in [0.3, 0.4) is 0 Å². The SMILES string of the molecule is CCN1C(=O)CCC(N2C(=O)c3cccc(NCCOCCOCCn4cc(COCCNS(=O)(=O)c5ccc(Nc6nc(N)n(C(=O)c7sccc7C)n6)cc5)nn4)c3C2=O)C1=O. The molecule has 0 radical (unpaired) electrons. The molecular formula is C40H46N12O10S2. The number of aromatic nitrogens is 6. The summed E-state index contributed by atoms with van der Waals surface area (Å²) in [6, 6.07) is 11.6. The third-order valence-electron chi connectivity index (χ3n) is 10.1. The molecule has 22 nitrogen and oxygen atoms in total. The number of aryl methyl sites for hydroxylation is 1. The predicted molar refractivity (Wildman–Crippen MR) is 230 cm³/mol. The number of nitrogen functional groups attached to an aromatic ring is 1. The molecule has 2 aliphatic rings. The first-order valence-electron chi connectivity index (χ1n) is 20.3. The molecule has 338 valence electrons. The maximum Gasteiger partial charge on any atom is 0.291 e. The van der Waals surface area contributed by atoms with Crippen molar-refractivity contribution in [2.45, 2.75) is 50.8 Å². The fourth-order valence-corrected chi connectivity index (χ4v) is 8.81. The highest BCUT2D eigenvalue weighted by molar-refractivity contribution is 7.89. The van der Waals surface area contributed by atoms with Gasteiger partial charge in [0.1, 0.15) is 11.7 Å². The van der Waals surface area contributed by atoms with E-state index in [1.807, 2.05) is 13.0 Å². The van der Waals surface area contributed by atoms with Crippen molar-refractivity contribution < 1.29 is 46.6 Å². The van der Waals surface area contributed by atoms with Gasteiger partial charge in [-0.1, -0.05) is 11.3 Å². The van der Waals surface area contributed by atoms with Crippen LogP contribution in [0.25, 0.3) is 0 Å². The summed E-state index contributed by atoms with van der Waals surface area (Å²) in [7, 11) is -3.84. The molecule has 4 amide bonds. The van der Waals surface area contributed by atoms with Crippen molar-refractivity contribution in [2.75, 3.05) is 69.0 Å². The molecule has 1 saturated heterocycles. The molecule has 5 N–H and O–H groups in total. The van der Waals surface area contributed by atoms with Gasteiger partial charge in [-0.25, -0.2) is 17.8 Å². The number of hydrogen-bond donors (Lipinski definition) is 4. The first kappa shape index (κ1) is 45.6. The summed E-state index contributed by atoms with van der Waals surface area (Å²) in [5, 5.41) is 20.2. The van der Waals surface area contributed by atoms with Crippen molar-refractivity contribution >= 4 is 74.2 Å². The van der Waals surface area contributed by atoms with Gasteiger partial charge in [0.2, 0.25) is 27.8 Å². The Bertz CT molecular complexity index is 2630. The summed E-state index contributed by atoms with van der Waals surface area (Å²) in [5.41, 5.74) is 8.61. The van der Waals surface area contributed by atoms with E-state index in [4.69, 9.17) is 19.9 Å². The standard InChI is InChI=1S/C40H46N12O10S2/c1-3-50-32(53)12-11-31(36(50)55)51-35(54)29-5-4-6-30(33(29)37(51)56)42-14-17-60-20-21-61-19-16-49-23-27(46-48-49)24-62-18-15-43-64(58,59)28-9-7-26(8-10-28)44-40-45-39(41)52(47-40)38(57)34-25(2)13-22-63-34/h4-10,13,22-23,31,42-43H,3,11-12,14-21,24H2,1-2H3,(H3,41,44,45,47). The number of benzene rings is 2. The van der Waals surface area contributed by atoms with E-state index < -0.39 is 39.7 Å². The van der Waals surface area contributed by atoms with E-state index in [0.717, 1.165) is 20.0 Å². The molecule has 24 heteroatoms. The quantitative estimate of drug-likeness (QED) is 0.0571. The Morgan fingerprint density at radius 1 is 0.953 bits per heavy atom. The van der Waals surface area contributed by atoms with Gasteiger partial charge >= 0.3 is 0 Å². The molecular weight excluding hydrogens is 873 g/mol. The number of fused-ring (bicyclic) bond motifs is 1. The number of likely N-dealkylation sites (tertiary alicyclic amines) is 1. The molecule has 64 heavy (non-hydrogen) atoms. The van der Waals surface area contributed by atoms with Crippen molar-refractivity contribution in [3.63, 3.8) is 0 Å². The maximum absolute atomic E-state index is 13.4. The average Bonchev–Trinajstić information content (AvgIpc) is 4.07. The van der Waals surface area contributed by atoms with Crippen LogP contribution in [-0.2, 0) is 47.0 Å². The van der Waals surface area contributed by atoms with Gasteiger partial charge in [0, 0.05) is 37.4 Å². The highest BCUT2D eigenvalue weighted by Crippen LogP contribution is 2.33. The number of carbonyl (C=O) groups excluding carboxylic acids is 5. The number of rotatable bonds is 22. The number of anilines is 4. The molecule has 2 aromatic carbocycles. The highest BCUT2D eigenvalue weighted by atomic mass is 32.2. The second-order valence-electron chi connectivity index (χ2n) is 14.4. The molecule has 1 unspecified atom stereocenters. The van der Waals surface area contributed by atoms with E-state index in [1.54, 1.807) is 41.4 Å². The number of thiophene rings is 1. The summed E-state index contributed by atoms with van der Waals surface area (Å²) >= 11 is 1.28. The van der Waals surface area contributed by atoms with Gasteiger partial charge in [-0.2, -0.15) is 9.67 Å². The lowest BCUT2D eigenvalue weighted by atomic mass is 10.0. The number of ether oxygens (including phenoxy) is 3. The van der Waals surface area contributed by atoms with Crippen molar-refractivity contribution in [2.24, 2.45) is 0 Å². The molecule has 5 aromatic rings. The summed E-state index contributed by atoms with van der Waals surface area (Å²) in [4.78, 5) is 71.2. The Balaban J connectivity index is 0.744. The minimum Gasteiger partial charge on any atom is -0.382 e. The first-order chi connectivity index (χ1) is 30.9. The molecule has 3 aromatic heterocycles. The predicted octanol–water partition coefficient (Wildman–Crippen LogP) is 2.03. The second kappa shape index (κ2) is 20.4. The number of nitrogens with two attached hydrogens (primary N) is 1. The zero-order valence-corrected chi connectivity index (χ0v) is 36.5. The van der Waals surface area contributed by atoms with Gasteiger partial charge in [0.25, 0.3) is 23.6 Å². The van der Waals surface area contributed by atoms with Crippen LogP contribution in [0.1, 0.15) is 61.4 Å². The number of carbonyl (C=O) groups is 5. The Kier molecular flexibility index (Phi) is 14.5. The Morgan fingerprint density at radius 3 is 2.47 bits per heavy atom. The topological polar surface area (TPSA) is 277 Å². The lowest BCUT2D eigenvalue weighted by Gasteiger charge is -2.33. The molecule has 0 saturated carbocycles. The molecule has 1 atom stereocenters. The van der Waals surface area contributed by atoms with E-state index in [-0.39, 0.29) is 79.6 Å². The van der Waals surface area contributed by atoms with E-state index >= 15 is 0 Å². The monoisotopic (exact) mass is 918 g/mol. The minimum absolute atomic E-state index is 0.0150. The molecule has 0 aliphatic carbocycles. The lowest BCUT2D eigenvalue weighted by molar-refractivity contribution is -0.151. The van der Waals surface area contributed by atoms with E-state index in [1.165, 1.54) is 35.6 Å². The summed E-state index contributed by atoms with van der Waals surface area (Å²) < 4.78 is 47.7. The molecule has 0 bridgehead atoms. The van der Waals surface area contributed by atoms with Crippen LogP contribution >= 0.6 is 11.3 Å². The third kappa shape index (κ3) is 10.3. The van der Waals surface area contributed by atoms with E-state index in [9.17, 15) is 32.4 Å².